The summed E-state index contributed by atoms with van der Waals surface area (Å²) in [5.74, 6) is 1.62. The number of rotatable bonds is 9. The molecular formula is C51H61N7O5. The number of hydrogen-bond acceptors (Lipinski definition) is 7. The van der Waals surface area contributed by atoms with Crippen molar-refractivity contribution in [3.63, 3.8) is 0 Å². The van der Waals surface area contributed by atoms with Crippen LogP contribution in [0.4, 0.5) is 4.79 Å². The maximum Gasteiger partial charge on any atom is 0.407 e. The Morgan fingerprint density at radius 1 is 0.857 bits per heavy atom. The number of likely N-dealkylation sites (tertiary alicyclic amines) is 1. The third-order valence-electron chi connectivity index (χ3n) is 13.9. The third kappa shape index (κ3) is 9.32. The first-order chi connectivity index (χ1) is 30.7. The molecule has 5 aromatic rings. The number of carbonyl (C=O) groups excluding carboxylic acids is 3. The largest absolute Gasteiger partial charge is 0.453 e. The van der Waals surface area contributed by atoms with Crippen molar-refractivity contribution in [2.24, 2.45) is 17.3 Å². The number of nitrogens with one attached hydrogen (secondary N) is 3. The van der Waals surface area contributed by atoms with Crippen LogP contribution in [0.1, 0.15) is 113 Å². The lowest BCUT2D eigenvalue weighted by Crippen LogP contribution is -2.51. The summed E-state index contributed by atoms with van der Waals surface area (Å²) in [6.07, 6.45) is 12.1. The summed E-state index contributed by atoms with van der Waals surface area (Å²) in [4.78, 5) is 61.5. The number of aromatic nitrogens is 4. The highest BCUT2D eigenvalue weighted by molar-refractivity contribution is 5.86. The SMILES string of the molecule is COC(=O)N[C@H](C(=O)N1CCC[C@H]1c1ncc(-c2ccc(-c3ccc(-c4nc5[nH]c4COCCCCCC[C@@H](Cc4ccccc4)C(=O)N4CC6(CC6)C[C@@H]54)cc3)cc2)[nH]1)C(C)C. The summed E-state index contributed by atoms with van der Waals surface area (Å²) in [6.45, 7) is 6.39. The summed E-state index contributed by atoms with van der Waals surface area (Å²) in [7, 11) is 1.30. The molecular weight excluding hydrogens is 791 g/mol. The molecule has 4 aliphatic rings. The summed E-state index contributed by atoms with van der Waals surface area (Å²) >= 11 is 0. The maximum atomic E-state index is 14.6. The topological polar surface area (TPSA) is 146 Å². The van der Waals surface area contributed by atoms with Gasteiger partial charge < -0.3 is 34.6 Å². The van der Waals surface area contributed by atoms with Crippen molar-refractivity contribution in [3.8, 4) is 33.6 Å². The Morgan fingerprint density at radius 2 is 1.57 bits per heavy atom. The van der Waals surface area contributed by atoms with E-state index in [0.717, 1.165) is 115 Å². The molecule has 3 N–H and O–H groups in total. The number of fused-ring (bicyclic) bond motifs is 4. The number of nitrogens with zero attached hydrogens (tertiary/aromatic N) is 4. The first-order valence-corrected chi connectivity index (χ1v) is 23.1. The fourth-order valence-electron chi connectivity index (χ4n) is 10.1. The highest BCUT2D eigenvalue weighted by atomic mass is 16.5. The van der Waals surface area contributed by atoms with Gasteiger partial charge in [-0.15, -0.1) is 0 Å². The van der Waals surface area contributed by atoms with E-state index < -0.39 is 12.1 Å². The van der Waals surface area contributed by atoms with Gasteiger partial charge in [-0.05, 0) is 85.0 Å². The van der Waals surface area contributed by atoms with E-state index in [9.17, 15) is 14.4 Å². The maximum absolute atomic E-state index is 14.6. The van der Waals surface area contributed by atoms with Crippen LogP contribution in [0.3, 0.4) is 0 Å². The molecule has 330 valence electrons. The van der Waals surface area contributed by atoms with E-state index in [1.165, 1.54) is 25.5 Å². The predicted octanol–water partition coefficient (Wildman–Crippen LogP) is 9.57. The van der Waals surface area contributed by atoms with Crippen molar-refractivity contribution >= 4 is 17.9 Å². The minimum Gasteiger partial charge on any atom is -0.453 e. The lowest BCUT2D eigenvalue weighted by Gasteiger charge is -2.30. The van der Waals surface area contributed by atoms with Gasteiger partial charge in [0.1, 0.15) is 17.7 Å². The highest BCUT2D eigenvalue weighted by Gasteiger charge is 2.55. The lowest BCUT2D eigenvalue weighted by atomic mass is 9.92. The van der Waals surface area contributed by atoms with Crippen molar-refractivity contribution < 1.29 is 23.9 Å². The molecule has 12 nitrogen and oxygen atoms in total. The van der Waals surface area contributed by atoms with E-state index in [1.807, 2.05) is 31.0 Å². The number of carbonyl (C=O) groups is 3. The normalized spacial score (nSPS) is 21.8. The first-order valence-electron chi connectivity index (χ1n) is 23.1. The fraction of sp³-hybridized carbons (Fsp3) is 0.471. The molecule has 9 rings (SSSR count). The summed E-state index contributed by atoms with van der Waals surface area (Å²) in [5.41, 5.74) is 8.35. The van der Waals surface area contributed by atoms with E-state index in [0.29, 0.717) is 19.8 Å². The molecule has 4 atom stereocenters. The Morgan fingerprint density at radius 3 is 2.29 bits per heavy atom. The summed E-state index contributed by atoms with van der Waals surface area (Å²) in [5, 5.41) is 2.72. The van der Waals surface area contributed by atoms with Crippen molar-refractivity contribution in [1.29, 1.82) is 0 Å². The Kier molecular flexibility index (Phi) is 12.5. The molecule has 1 spiro atoms. The van der Waals surface area contributed by atoms with Gasteiger partial charge in [0.15, 0.2) is 0 Å². The zero-order valence-electron chi connectivity index (χ0n) is 36.9. The third-order valence-corrected chi connectivity index (χ3v) is 13.9. The second kappa shape index (κ2) is 18.5. The zero-order valence-corrected chi connectivity index (χ0v) is 36.9. The molecule has 5 heterocycles. The number of H-pyrrole nitrogens is 2. The number of amides is 3. The van der Waals surface area contributed by atoms with Gasteiger partial charge in [-0.1, -0.05) is 112 Å². The number of ether oxygens (including phenoxy) is 2. The molecule has 2 aromatic heterocycles. The standard InChI is InChI=1S/C51H61N7O5/c1-33(2)44(56-50(61)62-3)49(60)57-26-11-15-42(57)46-52-30-40(53-46)37-20-16-35(17-21-37)36-18-22-38(23-19-36)45-41-31-63-27-10-5-4-9-14-39(28-34-12-7-6-8-13-34)48(59)58-32-51(24-25-51)29-43(58)47(54-41)55-45/h6-8,12-13,16-23,30,33,39,42-44H,4-5,9-11,14-15,24-29,31-32H2,1-3H3,(H,52,53)(H,54,55)(H,56,61)/t39-,42-,43-,44-/m0/s1. The molecule has 3 aromatic carbocycles. The van der Waals surface area contributed by atoms with Crippen LogP contribution in [0.2, 0.25) is 0 Å². The molecule has 0 unspecified atom stereocenters. The molecule has 1 saturated carbocycles. The van der Waals surface area contributed by atoms with Crippen LogP contribution in [0.15, 0.2) is 85.1 Å². The molecule has 1 aliphatic carbocycles. The van der Waals surface area contributed by atoms with Gasteiger partial charge in [-0.2, -0.15) is 0 Å². The number of imidazole rings is 2. The van der Waals surface area contributed by atoms with Gasteiger partial charge in [-0.25, -0.2) is 14.8 Å². The molecule has 2 bridgehead atoms. The number of benzene rings is 3. The van der Waals surface area contributed by atoms with Gasteiger partial charge in [0, 0.05) is 31.2 Å². The smallest absolute Gasteiger partial charge is 0.407 e. The molecule has 12 heteroatoms. The average Bonchev–Trinajstić information content (AvgIpc) is 3.79. The van der Waals surface area contributed by atoms with Crippen LogP contribution >= 0.6 is 0 Å². The molecule has 0 radical (unpaired) electrons. The van der Waals surface area contributed by atoms with Crippen LogP contribution in [0.25, 0.3) is 33.6 Å². The second-order valence-electron chi connectivity index (χ2n) is 18.7. The quantitative estimate of drug-likeness (QED) is 0.134. The monoisotopic (exact) mass is 851 g/mol. The van der Waals surface area contributed by atoms with Crippen molar-refractivity contribution in [1.82, 2.24) is 35.1 Å². The van der Waals surface area contributed by atoms with E-state index in [4.69, 9.17) is 19.4 Å². The van der Waals surface area contributed by atoms with Gasteiger partial charge in [0.05, 0.1) is 49.1 Å². The number of hydrogen-bond donors (Lipinski definition) is 3. The van der Waals surface area contributed by atoms with Gasteiger partial charge in [0.25, 0.3) is 0 Å². The Labute approximate surface area is 370 Å². The molecule has 63 heavy (non-hydrogen) atoms. The Balaban J connectivity index is 0.919. The lowest BCUT2D eigenvalue weighted by molar-refractivity contribution is -0.137. The van der Waals surface area contributed by atoms with E-state index in [-0.39, 0.29) is 41.1 Å². The Bertz CT molecular complexity index is 2370. The van der Waals surface area contributed by atoms with E-state index in [1.54, 1.807) is 0 Å². The van der Waals surface area contributed by atoms with E-state index in [2.05, 4.69) is 93.0 Å². The number of alkyl carbamates (subject to hydrolysis) is 1. The minimum atomic E-state index is -0.682. The zero-order chi connectivity index (χ0) is 43.5. The van der Waals surface area contributed by atoms with Crippen molar-refractivity contribution in [3.05, 3.63) is 108 Å². The Hall–Kier alpha value is -5.75. The summed E-state index contributed by atoms with van der Waals surface area (Å²) < 4.78 is 11.1. The fourth-order valence-corrected chi connectivity index (χ4v) is 10.1. The van der Waals surface area contributed by atoms with Gasteiger partial charge in [-0.3, -0.25) is 9.59 Å². The highest BCUT2D eigenvalue weighted by Crippen LogP contribution is 2.58. The van der Waals surface area contributed by atoms with Gasteiger partial charge >= 0.3 is 6.09 Å². The molecule has 3 fully saturated rings. The molecule has 3 amide bonds. The van der Waals surface area contributed by atoms with Crippen LogP contribution in [-0.4, -0.2) is 80.5 Å². The van der Waals surface area contributed by atoms with Crippen LogP contribution in [0, 0.1) is 17.3 Å². The molecule has 3 aliphatic heterocycles. The van der Waals surface area contributed by atoms with Gasteiger partial charge in [0.2, 0.25) is 11.8 Å². The first kappa shape index (κ1) is 42.5. The van der Waals surface area contributed by atoms with Crippen LogP contribution in [0.5, 0.6) is 0 Å². The minimum absolute atomic E-state index is 0.0420. The number of aromatic amines is 2. The molecule has 2 saturated heterocycles. The number of methoxy groups -OCH3 is 1. The van der Waals surface area contributed by atoms with Crippen molar-refractivity contribution in [2.75, 3.05) is 26.8 Å². The second-order valence-corrected chi connectivity index (χ2v) is 18.7. The van der Waals surface area contributed by atoms with Crippen LogP contribution < -0.4 is 5.32 Å². The van der Waals surface area contributed by atoms with E-state index >= 15 is 0 Å². The average molecular weight is 852 g/mol. The van der Waals surface area contributed by atoms with Crippen LogP contribution in [-0.2, 0) is 32.1 Å². The predicted molar refractivity (Wildman–Crippen MR) is 242 cm³/mol. The van der Waals surface area contributed by atoms with Crippen molar-refractivity contribution in [2.45, 2.75) is 109 Å². The summed E-state index contributed by atoms with van der Waals surface area (Å²) in [6, 6.07) is 26.5.